The fraction of sp³-hybridized carbons (Fsp3) is 0.900. The molecule has 1 atom stereocenters. The molecule has 4 nitrogen and oxygen atoms in total. The quantitative estimate of drug-likeness (QED) is 0.277. The van der Waals surface area contributed by atoms with Gasteiger partial charge < -0.3 is 9.47 Å². The van der Waals surface area contributed by atoms with E-state index in [0.717, 1.165) is 25.7 Å². The molecule has 1 unspecified atom stereocenters. The van der Waals surface area contributed by atoms with Crippen molar-refractivity contribution in [2.24, 2.45) is 5.92 Å². The molecule has 0 N–H and O–H groups in total. The van der Waals surface area contributed by atoms with Gasteiger partial charge in [0.2, 0.25) is 0 Å². The fourth-order valence-electron chi connectivity index (χ4n) is 2.58. The number of unbranched alkanes of at least 4 members (excludes halogenated alkanes) is 6. The molecule has 0 aliphatic heterocycles. The molecule has 142 valence electrons. The van der Waals surface area contributed by atoms with Crippen molar-refractivity contribution in [3.63, 3.8) is 0 Å². The number of hydrogen-bond acceptors (Lipinski definition) is 4. The first-order valence-corrected chi connectivity index (χ1v) is 9.91. The van der Waals surface area contributed by atoms with Gasteiger partial charge >= 0.3 is 11.9 Å². The number of ether oxygens (including phenoxy) is 2. The SMILES string of the molecule is CCCCCCCCCOC(=O)CCCC(=O)OCC(C)CCC. The Balaban J connectivity index is 3.41. The molecule has 0 radical (unpaired) electrons. The molecule has 0 aromatic carbocycles. The topological polar surface area (TPSA) is 52.6 Å². The van der Waals surface area contributed by atoms with E-state index in [1.165, 1.54) is 32.1 Å². The van der Waals surface area contributed by atoms with Crippen LogP contribution in [0.5, 0.6) is 0 Å². The second kappa shape index (κ2) is 16.8. The number of esters is 2. The number of carbonyl (C=O) groups is 2. The third kappa shape index (κ3) is 15.8. The molecular formula is C20H38O4. The molecule has 0 amide bonds. The highest BCUT2D eigenvalue weighted by Crippen LogP contribution is 2.08. The number of carbonyl (C=O) groups excluding carboxylic acids is 2. The minimum atomic E-state index is -0.210. The van der Waals surface area contributed by atoms with Gasteiger partial charge in [-0.25, -0.2) is 0 Å². The smallest absolute Gasteiger partial charge is 0.305 e. The zero-order chi connectivity index (χ0) is 18.0. The molecule has 0 saturated heterocycles. The zero-order valence-corrected chi connectivity index (χ0v) is 16.1. The van der Waals surface area contributed by atoms with Crippen LogP contribution in [0.3, 0.4) is 0 Å². The lowest BCUT2D eigenvalue weighted by atomic mass is 10.1. The summed E-state index contributed by atoms with van der Waals surface area (Å²) in [5, 5.41) is 0. The summed E-state index contributed by atoms with van der Waals surface area (Å²) in [6.45, 7) is 7.40. The molecule has 0 rings (SSSR count). The minimum absolute atomic E-state index is 0.201. The van der Waals surface area contributed by atoms with E-state index in [-0.39, 0.29) is 11.9 Å². The normalized spacial score (nSPS) is 12.0. The molecule has 0 saturated carbocycles. The Hall–Kier alpha value is -1.06. The summed E-state index contributed by atoms with van der Waals surface area (Å²) >= 11 is 0. The first-order chi connectivity index (χ1) is 11.6. The van der Waals surface area contributed by atoms with E-state index in [2.05, 4.69) is 20.8 Å². The van der Waals surface area contributed by atoms with Crippen LogP contribution in [-0.2, 0) is 19.1 Å². The second-order valence-corrected chi connectivity index (χ2v) is 6.77. The Morgan fingerprint density at radius 3 is 1.96 bits per heavy atom. The van der Waals surface area contributed by atoms with E-state index >= 15 is 0 Å². The van der Waals surface area contributed by atoms with Crippen LogP contribution in [0.4, 0.5) is 0 Å². The molecule has 0 bridgehead atoms. The van der Waals surface area contributed by atoms with Gasteiger partial charge in [0, 0.05) is 12.8 Å². The van der Waals surface area contributed by atoms with Gasteiger partial charge in [-0.1, -0.05) is 65.7 Å². The Morgan fingerprint density at radius 1 is 0.750 bits per heavy atom. The van der Waals surface area contributed by atoms with Crippen LogP contribution in [0, 0.1) is 5.92 Å². The van der Waals surface area contributed by atoms with Gasteiger partial charge in [0.25, 0.3) is 0 Å². The van der Waals surface area contributed by atoms with Crippen molar-refractivity contribution in [1.82, 2.24) is 0 Å². The predicted octanol–water partition coefficient (Wildman–Crippen LogP) is 5.43. The monoisotopic (exact) mass is 342 g/mol. The van der Waals surface area contributed by atoms with E-state index in [1.54, 1.807) is 0 Å². The lowest BCUT2D eigenvalue weighted by molar-refractivity contribution is -0.146. The maximum Gasteiger partial charge on any atom is 0.305 e. The summed E-state index contributed by atoms with van der Waals surface area (Å²) < 4.78 is 10.4. The van der Waals surface area contributed by atoms with Crippen molar-refractivity contribution >= 4 is 11.9 Å². The summed E-state index contributed by atoms with van der Waals surface area (Å²) in [4.78, 5) is 23.1. The van der Waals surface area contributed by atoms with E-state index in [9.17, 15) is 9.59 Å². The van der Waals surface area contributed by atoms with Gasteiger partial charge in [0.15, 0.2) is 0 Å². The van der Waals surface area contributed by atoms with Crippen molar-refractivity contribution in [3.05, 3.63) is 0 Å². The average Bonchev–Trinajstić information content (AvgIpc) is 2.55. The second-order valence-electron chi connectivity index (χ2n) is 6.77. The summed E-state index contributed by atoms with van der Waals surface area (Å²) in [6, 6.07) is 0. The van der Waals surface area contributed by atoms with E-state index in [0.29, 0.717) is 38.4 Å². The molecule has 0 spiro atoms. The van der Waals surface area contributed by atoms with Crippen LogP contribution in [0.25, 0.3) is 0 Å². The van der Waals surface area contributed by atoms with Gasteiger partial charge in [0.1, 0.15) is 0 Å². The highest BCUT2D eigenvalue weighted by atomic mass is 16.5. The molecule has 24 heavy (non-hydrogen) atoms. The zero-order valence-electron chi connectivity index (χ0n) is 16.1. The Labute approximate surface area is 148 Å². The van der Waals surface area contributed by atoms with E-state index in [1.807, 2.05) is 0 Å². The molecule has 4 heteroatoms. The average molecular weight is 343 g/mol. The highest BCUT2D eigenvalue weighted by molar-refractivity contribution is 5.72. The molecule has 0 fully saturated rings. The predicted molar refractivity (Wildman–Crippen MR) is 97.8 cm³/mol. The van der Waals surface area contributed by atoms with Gasteiger partial charge in [-0.2, -0.15) is 0 Å². The van der Waals surface area contributed by atoms with E-state index < -0.39 is 0 Å². The van der Waals surface area contributed by atoms with Crippen molar-refractivity contribution < 1.29 is 19.1 Å². The highest BCUT2D eigenvalue weighted by Gasteiger charge is 2.09. The number of rotatable bonds is 16. The van der Waals surface area contributed by atoms with Crippen molar-refractivity contribution in [2.75, 3.05) is 13.2 Å². The minimum Gasteiger partial charge on any atom is -0.466 e. The van der Waals surface area contributed by atoms with E-state index in [4.69, 9.17) is 9.47 Å². The lowest BCUT2D eigenvalue weighted by Gasteiger charge is -2.10. The van der Waals surface area contributed by atoms with Crippen molar-refractivity contribution in [2.45, 2.75) is 97.8 Å². The molecule has 0 aromatic rings. The van der Waals surface area contributed by atoms with Gasteiger partial charge in [0.05, 0.1) is 13.2 Å². The summed E-state index contributed by atoms with van der Waals surface area (Å²) in [5.41, 5.74) is 0. The van der Waals surface area contributed by atoms with Crippen LogP contribution in [0.2, 0.25) is 0 Å². The summed E-state index contributed by atoms with van der Waals surface area (Å²) in [6.07, 6.45) is 11.7. The van der Waals surface area contributed by atoms with Gasteiger partial charge in [-0.15, -0.1) is 0 Å². The third-order valence-corrected chi connectivity index (χ3v) is 4.08. The van der Waals surface area contributed by atoms with Crippen LogP contribution in [0.15, 0.2) is 0 Å². The lowest BCUT2D eigenvalue weighted by Crippen LogP contribution is -2.12. The maximum atomic E-state index is 11.6. The van der Waals surface area contributed by atoms with Crippen molar-refractivity contribution in [1.29, 1.82) is 0 Å². The Morgan fingerprint density at radius 2 is 1.33 bits per heavy atom. The third-order valence-electron chi connectivity index (χ3n) is 4.08. The largest absolute Gasteiger partial charge is 0.466 e. The number of hydrogen-bond donors (Lipinski definition) is 0. The molecule has 0 heterocycles. The summed E-state index contributed by atoms with van der Waals surface area (Å²) in [5.74, 6) is -0.00291. The van der Waals surface area contributed by atoms with Crippen molar-refractivity contribution in [3.8, 4) is 0 Å². The molecule has 0 aliphatic rings. The first-order valence-electron chi connectivity index (χ1n) is 9.91. The maximum absolute atomic E-state index is 11.6. The van der Waals surface area contributed by atoms with Gasteiger partial charge in [-0.05, 0) is 25.2 Å². The van der Waals surface area contributed by atoms with Crippen LogP contribution in [0.1, 0.15) is 97.8 Å². The summed E-state index contributed by atoms with van der Waals surface area (Å²) in [7, 11) is 0. The first kappa shape index (κ1) is 22.9. The van der Waals surface area contributed by atoms with Crippen LogP contribution >= 0.6 is 0 Å². The Bertz CT molecular complexity index is 315. The molecular weight excluding hydrogens is 304 g/mol. The Kier molecular flexibility index (Phi) is 16.0. The van der Waals surface area contributed by atoms with Gasteiger partial charge in [-0.3, -0.25) is 9.59 Å². The van der Waals surface area contributed by atoms with Crippen LogP contribution in [-0.4, -0.2) is 25.2 Å². The standard InChI is InChI=1S/C20H38O4/c1-4-6-7-8-9-10-11-16-23-19(21)14-12-15-20(22)24-17-18(3)13-5-2/h18H,4-17H2,1-3H3. The van der Waals surface area contributed by atoms with Crippen LogP contribution < -0.4 is 0 Å². The fourth-order valence-corrected chi connectivity index (χ4v) is 2.58. The molecule has 0 aliphatic carbocycles. The molecule has 0 aromatic heterocycles.